The summed E-state index contributed by atoms with van der Waals surface area (Å²) in [5.74, 6) is 0. The Hall–Kier alpha value is -0.160. The van der Waals surface area contributed by atoms with Crippen molar-refractivity contribution in [1.82, 2.24) is 10.2 Å². The third kappa shape index (κ3) is 4.99. The van der Waals surface area contributed by atoms with Crippen molar-refractivity contribution in [1.29, 1.82) is 0 Å². The van der Waals surface area contributed by atoms with Gasteiger partial charge in [-0.25, -0.2) is 0 Å². The SMILES string of the molecule is CCCC(C)(CNC1CC1)CN1CC(C)OC(CO)C1. The van der Waals surface area contributed by atoms with E-state index in [0.717, 1.165) is 32.2 Å². The molecule has 4 heteroatoms. The Balaban J connectivity index is 1.87. The summed E-state index contributed by atoms with van der Waals surface area (Å²) < 4.78 is 5.74. The summed E-state index contributed by atoms with van der Waals surface area (Å²) in [6, 6.07) is 0.778. The van der Waals surface area contributed by atoms with Gasteiger partial charge < -0.3 is 15.2 Å². The molecule has 0 aromatic carbocycles. The molecule has 2 rings (SSSR count). The van der Waals surface area contributed by atoms with Crippen LogP contribution >= 0.6 is 0 Å². The van der Waals surface area contributed by atoms with Crippen molar-refractivity contribution in [3.05, 3.63) is 0 Å². The van der Waals surface area contributed by atoms with Crippen LogP contribution in [0.2, 0.25) is 0 Å². The van der Waals surface area contributed by atoms with Crippen molar-refractivity contribution in [2.24, 2.45) is 5.41 Å². The standard InChI is InChI=1S/C16H32N2O2/c1-4-7-16(3,11-17-14-5-6-14)12-18-8-13(2)20-15(9-18)10-19/h13-15,17,19H,4-12H2,1-3H3. The number of hydrogen-bond acceptors (Lipinski definition) is 4. The van der Waals surface area contributed by atoms with Crippen LogP contribution in [0, 0.1) is 5.41 Å². The van der Waals surface area contributed by atoms with Crippen LogP contribution in [0.1, 0.15) is 46.5 Å². The number of aliphatic hydroxyl groups is 1. The second kappa shape index (κ2) is 7.21. The second-order valence-corrected chi connectivity index (χ2v) is 7.16. The van der Waals surface area contributed by atoms with Crippen LogP contribution in [0.25, 0.3) is 0 Å². The van der Waals surface area contributed by atoms with Gasteiger partial charge in [-0.3, -0.25) is 4.90 Å². The topological polar surface area (TPSA) is 44.7 Å². The van der Waals surface area contributed by atoms with E-state index < -0.39 is 0 Å². The Morgan fingerprint density at radius 1 is 1.35 bits per heavy atom. The Labute approximate surface area is 123 Å². The highest BCUT2D eigenvalue weighted by Crippen LogP contribution is 2.28. The van der Waals surface area contributed by atoms with E-state index in [-0.39, 0.29) is 18.8 Å². The van der Waals surface area contributed by atoms with Gasteiger partial charge in [0.05, 0.1) is 18.8 Å². The van der Waals surface area contributed by atoms with Gasteiger partial charge in [0, 0.05) is 32.2 Å². The third-order valence-corrected chi connectivity index (χ3v) is 4.46. The molecule has 1 aliphatic heterocycles. The quantitative estimate of drug-likeness (QED) is 0.711. The minimum Gasteiger partial charge on any atom is -0.394 e. The minimum absolute atomic E-state index is 0.0129. The van der Waals surface area contributed by atoms with Crippen molar-refractivity contribution in [2.75, 3.05) is 32.8 Å². The van der Waals surface area contributed by atoms with Gasteiger partial charge in [0.25, 0.3) is 0 Å². The van der Waals surface area contributed by atoms with Crippen molar-refractivity contribution in [3.63, 3.8) is 0 Å². The lowest BCUT2D eigenvalue weighted by atomic mass is 9.84. The summed E-state index contributed by atoms with van der Waals surface area (Å²) in [7, 11) is 0. The van der Waals surface area contributed by atoms with E-state index in [2.05, 4.69) is 31.0 Å². The molecule has 0 aromatic heterocycles. The molecule has 118 valence electrons. The lowest BCUT2D eigenvalue weighted by Crippen LogP contribution is -2.52. The average Bonchev–Trinajstić information content (AvgIpc) is 3.20. The molecule has 4 nitrogen and oxygen atoms in total. The maximum absolute atomic E-state index is 9.35. The molecular weight excluding hydrogens is 252 g/mol. The summed E-state index contributed by atoms with van der Waals surface area (Å²) in [5, 5.41) is 13.0. The van der Waals surface area contributed by atoms with Gasteiger partial charge >= 0.3 is 0 Å². The summed E-state index contributed by atoms with van der Waals surface area (Å²) in [5.41, 5.74) is 0.328. The largest absolute Gasteiger partial charge is 0.394 e. The van der Waals surface area contributed by atoms with Gasteiger partial charge in [-0.05, 0) is 31.6 Å². The van der Waals surface area contributed by atoms with Crippen molar-refractivity contribution < 1.29 is 9.84 Å². The molecule has 2 aliphatic rings. The number of nitrogens with one attached hydrogen (secondary N) is 1. The van der Waals surface area contributed by atoms with Gasteiger partial charge in [-0.2, -0.15) is 0 Å². The Morgan fingerprint density at radius 2 is 2.10 bits per heavy atom. The summed E-state index contributed by atoms with van der Waals surface area (Å²) >= 11 is 0. The number of hydrogen-bond donors (Lipinski definition) is 2. The van der Waals surface area contributed by atoms with E-state index in [0.29, 0.717) is 5.41 Å². The Bertz CT molecular complexity index is 296. The van der Waals surface area contributed by atoms with Crippen LogP contribution in [0.5, 0.6) is 0 Å². The average molecular weight is 284 g/mol. The molecule has 2 N–H and O–H groups in total. The van der Waals surface area contributed by atoms with Gasteiger partial charge in [0.2, 0.25) is 0 Å². The van der Waals surface area contributed by atoms with Gasteiger partial charge in [0.1, 0.15) is 0 Å². The van der Waals surface area contributed by atoms with E-state index in [9.17, 15) is 5.11 Å². The van der Waals surface area contributed by atoms with E-state index in [1.807, 2.05) is 0 Å². The lowest BCUT2D eigenvalue weighted by molar-refractivity contribution is -0.102. The molecule has 20 heavy (non-hydrogen) atoms. The zero-order valence-corrected chi connectivity index (χ0v) is 13.4. The summed E-state index contributed by atoms with van der Waals surface area (Å²) in [6.07, 6.45) is 5.39. The molecule has 3 atom stereocenters. The smallest absolute Gasteiger partial charge is 0.0936 e. The van der Waals surface area contributed by atoms with Gasteiger partial charge in [-0.15, -0.1) is 0 Å². The molecule has 1 heterocycles. The first-order valence-corrected chi connectivity index (χ1v) is 8.26. The zero-order valence-electron chi connectivity index (χ0n) is 13.4. The Kier molecular flexibility index (Phi) is 5.84. The van der Waals surface area contributed by atoms with Crippen LogP contribution in [-0.2, 0) is 4.74 Å². The number of aliphatic hydroxyl groups excluding tert-OH is 1. The molecule has 1 saturated heterocycles. The van der Waals surface area contributed by atoms with Gasteiger partial charge in [0.15, 0.2) is 0 Å². The number of rotatable bonds is 8. The highest BCUT2D eigenvalue weighted by molar-refractivity contribution is 4.88. The first kappa shape index (κ1) is 16.2. The number of ether oxygens (including phenoxy) is 1. The van der Waals surface area contributed by atoms with Crippen LogP contribution in [0.4, 0.5) is 0 Å². The highest BCUT2D eigenvalue weighted by Gasteiger charge is 2.33. The number of morpholine rings is 1. The molecule has 1 aliphatic carbocycles. The first-order chi connectivity index (χ1) is 9.54. The molecule has 1 saturated carbocycles. The van der Waals surface area contributed by atoms with Crippen LogP contribution < -0.4 is 5.32 Å². The zero-order chi connectivity index (χ0) is 14.6. The van der Waals surface area contributed by atoms with E-state index in [4.69, 9.17) is 4.74 Å². The first-order valence-electron chi connectivity index (χ1n) is 8.26. The van der Waals surface area contributed by atoms with E-state index in [1.54, 1.807) is 0 Å². The van der Waals surface area contributed by atoms with E-state index >= 15 is 0 Å². The maximum atomic E-state index is 9.35. The molecule has 0 spiro atoms. The maximum Gasteiger partial charge on any atom is 0.0936 e. The number of nitrogens with zero attached hydrogens (tertiary/aromatic N) is 1. The minimum atomic E-state index is -0.0129. The normalized spacial score (nSPS) is 31.2. The monoisotopic (exact) mass is 284 g/mol. The molecular formula is C16H32N2O2. The second-order valence-electron chi connectivity index (χ2n) is 7.16. The van der Waals surface area contributed by atoms with Gasteiger partial charge in [-0.1, -0.05) is 20.3 Å². The predicted molar refractivity (Wildman–Crippen MR) is 81.9 cm³/mol. The van der Waals surface area contributed by atoms with Crippen LogP contribution in [-0.4, -0.2) is 61.0 Å². The summed E-state index contributed by atoms with van der Waals surface area (Å²) in [4.78, 5) is 2.49. The molecule has 0 bridgehead atoms. The van der Waals surface area contributed by atoms with Crippen LogP contribution in [0.3, 0.4) is 0 Å². The predicted octanol–water partition coefficient (Wildman–Crippen LogP) is 1.63. The highest BCUT2D eigenvalue weighted by atomic mass is 16.5. The van der Waals surface area contributed by atoms with Crippen molar-refractivity contribution in [3.8, 4) is 0 Å². The fourth-order valence-electron chi connectivity index (χ4n) is 3.42. The Morgan fingerprint density at radius 3 is 2.70 bits per heavy atom. The molecule has 0 aromatic rings. The molecule has 2 fully saturated rings. The molecule has 0 radical (unpaired) electrons. The van der Waals surface area contributed by atoms with Crippen LogP contribution in [0.15, 0.2) is 0 Å². The van der Waals surface area contributed by atoms with Crippen molar-refractivity contribution >= 4 is 0 Å². The summed E-state index contributed by atoms with van der Waals surface area (Å²) in [6.45, 7) is 11.0. The fourth-order valence-corrected chi connectivity index (χ4v) is 3.42. The van der Waals surface area contributed by atoms with E-state index in [1.165, 1.54) is 25.7 Å². The molecule has 3 unspecified atom stereocenters. The third-order valence-electron chi connectivity index (χ3n) is 4.46. The molecule has 0 amide bonds. The fraction of sp³-hybridized carbons (Fsp3) is 1.00. The van der Waals surface area contributed by atoms with Crippen molar-refractivity contribution in [2.45, 2.75) is 64.7 Å². The lowest BCUT2D eigenvalue weighted by Gasteiger charge is -2.41.